The molecule has 7 heteroatoms. The number of benzene rings is 2. The molecule has 2 heterocycles. The van der Waals surface area contributed by atoms with Crippen molar-refractivity contribution in [1.82, 2.24) is 14.5 Å². The van der Waals surface area contributed by atoms with Gasteiger partial charge in [-0.3, -0.25) is 19.3 Å². The number of ether oxygens (including phenoxy) is 1. The Hall–Kier alpha value is -4.00. The predicted molar refractivity (Wildman–Crippen MR) is 125 cm³/mol. The van der Waals surface area contributed by atoms with Crippen LogP contribution in [0.4, 0.5) is 0 Å². The number of hydrogen-bond acceptors (Lipinski definition) is 5. The second-order valence-electron chi connectivity index (χ2n) is 7.80. The molecule has 0 atom stereocenters. The van der Waals surface area contributed by atoms with Crippen LogP contribution in [0.15, 0.2) is 65.5 Å². The zero-order valence-electron chi connectivity index (χ0n) is 18.4. The van der Waals surface area contributed by atoms with Crippen LogP contribution < -0.4 is 21.0 Å². The second kappa shape index (κ2) is 10.1. The molecule has 1 aliphatic rings. The Balaban J connectivity index is 1.67. The average molecular weight is 444 g/mol. The van der Waals surface area contributed by atoms with E-state index in [-0.39, 0.29) is 42.2 Å². The van der Waals surface area contributed by atoms with Gasteiger partial charge in [-0.2, -0.15) is 0 Å². The Labute approximate surface area is 191 Å². The van der Waals surface area contributed by atoms with Gasteiger partial charge >= 0.3 is 0 Å². The van der Waals surface area contributed by atoms with Gasteiger partial charge in [0, 0.05) is 26.4 Å². The highest BCUT2D eigenvalue weighted by molar-refractivity contribution is 6.01. The minimum Gasteiger partial charge on any atom is -0.476 e. The van der Waals surface area contributed by atoms with Crippen LogP contribution in [0.25, 0.3) is 12.2 Å². The summed E-state index contributed by atoms with van der Waals surface area (Å²) in [5.41, 5.74) is 1.53. The second-order valence-corrected chi connectivity index (χ2v) is 7.80. The lowest BCUT2D eigenvalue weighted by molar-refractivity contribution is -0.138. The standard InChI is InChI=1S/C26H25N3O4/c1-28-22(18-20-11-6-3-7-12-20)25(33-16-8-15-29-23(30)13-14-24(29)31)27-21(26(28)32)17-19-9-4-2-5-10-19/h2-7,9-12,17-18H,8,13-16H2,1H3/b21-17-,22-18-. The molecule has 4 rings (SSSR count). The molecule has 0 radical (unpaired) electrons. The summed E-state index contributed by atoms with van der Waals surface area (Å²) < 4.78 is 7.51. The Bertz CT molecular complexity index is 1320. The van der Waals surface area contributed by atoms with E-state index in [0.29, 0.717) is 24.2 Å². The number of likely N-dealkylation sites (tertiary alicyclic amines) is 1. The van der Waals surface area contributed by atoms with Crippen molar-refractivity contribution in [2.24, 2.45) is 7.05 Å². The van der Waals surface area contributed by atoms with E-state index in [9.17, 15) is 14.4 Å². The number of amides is 2. The van der Waals surface area contributed by atoms with Crippen molar-refractivity contribution in [3.63, 3.8) is 0 Å². The van der Waals surface area contributed by atoms with E-state index in [1.54, 1.807) is 13.1 Å². The van der Waals surface area contributed by atoms with E-state index in [1.165, 1.54) is 9.47 Å². The fraction of sp³-hybridized carbons (Fsp3) is 0.231. The van der Waals surface area contributed by atoms with Crippen LogP contribution >= 0.6 is 0 Å². The molecule has 2 aromatic carbocycles. The summed E-state index contributed by atoms with van der Waals surface area (Å²) in [7, 11) is 1.69. The monoisotopic (exact) mass is 443 g/mol. The molecule has 0 spiro atoms. The molecule has 0 saturated carbocycles. The SMILES string of the molecule is Cn1c(=O)/c(=C/c2ccccc2)nc(OCCCN2C(=O)CCC2=O)/c1=C/c1ccccc1. The van der Waals surface area contributed by atoms with Gasteiger partial charge in [0.05, 0.1) is 6.61 Å². The zero-order valence-corrected chi connectivity index (χ0v) is 18.4. The fourth-order valence-corrected chi connectivity index (χ4v) is 3.68. The Morgan fingerprint density at radius 3 is 2.06 bits per heavy atom. The van der Waals surface area contributed by atoms with Crippen molar-refractivity contribution < 1.29 is 14.3 Å². The summed E-state index contributed by atoms with van der Waals surface area (Å²) in [4.78, 5) is 42.5. The van der Waals surface area contributed by atoms with Crippen molar-refractivity contribution >= 4 is 24.0 Å². The molecule has 0 bridgehead atoms. The van der Waals surface area contributed by atoms with E-state index in [4.69, 9.17) is 4.74 Å². The molecule has 0 unspecified atom stereocenters. The van der Waals surface area contributed by atoms with Crippen molar-refractivity contribution in [2.75, 3.05) is 13.2 Å². The van der Waals surface area contributed by atoms with Crippen molar-refractivity contribution in [1.29, 1.82) is 0 Å². The molecule has 33 heavy (non-hydrogen) atoms. The predicted octanol–water partition coefficient (Wildman–Crippen LogP) is 1.36. The van der Waals surface area contributed by atoms with Crippen molar-refractivity contribution in [3.8, 4) is 5.88 Å². The third-order valence-corrected chi connectivity index (χ3v) is 5.45. The van der Waals surface area contributed by atoms with Gasteiger partial charge in [0.2, 0.25) is 17.7 Å². The fourth-order valence-electron chi connectivity index (χ4n) is 3.68. The molecular formula is C26H25N3O4. The molecule has 0 aliphatic carbocycles. The van der Waals surface area contributed by atoms with Gasteiger partial charge in [-0.1, -0.05) is 60.7 Å². The van der Waals surface area contributed by atoms with Crippen LogP contribution in [0.5, 0.6) is 5.88 Å². The molecule has 1 aromatic heterocycles. The van der Waals surface area contributed by atoms with Crippen LogP contribution in [0.3, 0.4) is 0 Å². The highest BCUT2D eigenvalue weighted by Gasteiger charge is 2.28. The quantitative estimate of drug-likeness (QED) is 0.407. The molecular weight excluding hydrogens is 418 g/mol. The first kappa shape index (κ1) is 22.2. The Morgan fingerprint density at radius 2 is 1.45 bits per heavy atom. The van der Waals surface area contributed by atoms with Crippen LogP contribution in [-0.4, -0.2) is 39.4 Å². The molecule has 0 N–H and O–H groups in total. The summed E-state index contributed by atoms with van der Waals surface area (Å²) in [5.74, 6) is 0.0402. The van der Waals surface area contributed by atoms with Gasteiger partial charge in [0.15, 0.2) is 0 Å². The third kappa shape index (κ3) is 5.26. The van der Waals surface area contributed by atoms with Gasteiger partial charge in [0.1, 0.15) is 10.7 Å². The number of carbonyl (C=O) groups excluding carboxylic acids is 2. The smallest absolute Gasteiger partial charge is 0.276 e. The molecule has 2 amide bonds. The molecule has 168 valence electrons. The van der Waals surface area contributed by atoms with Crippen LogP contribution in [0.1, 0.15) is 30.4 Å². The summed E-state index contributed by atoms with van der Waals surface area (Å²) in [6.07, 6.45) is 4.60. The number of aromatic nitrogens is 2. The maximum atomic E-state index is 13.0. The molecule has 3 aromatic rings. The summed E-state index contributed by atoms with van der Waals surface area (Å²) in [5, 5.41) is 0.818. The van der Waals surface area contributed by atoms with E-state index < -0.39 is 0 Å². The largest absolute Gasteiger partial charge is 0.476 e. The summed E-state index contributed by atoms with van der Waals surface area (Å²) >= 11 is 0. The lowest BCUT2D eigenvalue weighted by Gasteiger charge is -2.14. The average Bonchev–Trinajstić information content (AvgIpc) is 3.15. The van der Waals surface area contributed by atoms with Gasteiger partial charge in [-0.15, -0.1) is 0 Å². The number of nitrogens with zero attached hydrogens (tertiary/aromatic N) is 3. The maximum Gasteiger partial charge on any atom is 0.276 e. The van der Waals surface area contributed by atoms with Crippen LogP contribution in [-0.2, 0) is 16.6 Å². The van der Waals surface area contributed by atoms with Gasteiger partial charge in [-0.05, 0) is 29.7 Å². The maximum absolute atomic E-state index is 13.0. The Morgan fingerprint density at radius 1 is 0.879 bits per heavy atom. The third-order valence-electron chi connectivity index (χ3n) is 5.45. The summed E-state index contributed by atoms with van der Waals surface area (Å²) in [6.45, 7) is 0.562. The molecule has 1 aliphatic heterocycles. The number of hydrogen-bond donors (Lipinski definition) is 0. The minimum absolute atomic E-state index is 0.141. The van der Waals surface area contributed by atoms with E-state index in [0.717, 1.165) is 11.1 Å². The normalized spacial score (nSPS) is 14.9. The van der Waals surface area contributed by atoms with E-state index in [2.05, 4.69) is 4.98 Å². The topological polar surface area (TPSA) is 81.5 Å². The number of carbonyl (C=O) groups is 2. The molecule has 7 nitrogen and oxygen atoms in total. The highest BCUT2D eigenvalue weighted by atomic mass is 16.5. The lowest BCUT2D eigenvalue weighted by atomic mass is 10.2. The highest BCUT2D eigenvalue weighted by Crippen LogP contribution is 2.12. The number of rotatable bonds is 7. The van der Waals surface area contributed by atoms with E-state index in [1.807, 2.05) is 66.7 Å². The van der Waals surface area contributed by atoms with Gasteiger partial charge in [-0.25, -0.2) is 4.98 Å². The molecule has 1 saturated heterocycles. The first-order valence-electron chi connectivity index (χ1n) is 10.9. The first-order valence-corrected chi connectivity index (χ1v) is 10.9. The van der Waals surface area contributed by atoms with E-state index >= 15 is 0 Å². The number of imide groups is 1. The van der Waals surface area contributed by atoms with Crippen LogP contribution in [0.2, 0.25) is 0 Å². The summed E-state index contributed by atoms with van der Waals surface area (Å²) in [6, 6.07) is 19.1. The zero-order chi connectivity index (χ0) is 23.2. The lowest BCUT2D eigenvalue weighted by Crippen LogP contribution is -2.44. The minimum atomic E-state index is -0.235. The Kier molecular flexibility index (Phi) is 6.78. The van der Waals surface area contributed by atoms with Crippen LogP contribution in [0, 0.1) is 0 Å². The van der Waals surface area contributed by atoms with Crippen molar-refractivity contribution in [3.05, 3.63) is 92.8 Å². The van der Waals surface area contributed by atoms with Crippen molar-refractivity contribution in [2.45, 2.75) is 19.3 Å². The van der Waals surface area contributed by atoms with Gasteiger partial charge < -0.3 is 9.30 Å². The molecule has 1 fully saturated rings. The first-order chi connectivity index (χ1) is 16.0. The van der Waals surface area contributed by atoms with Gasteiger partial charge in [0.25, 0.3) is 5.56 Å².